The van der Waals surface area contributed by atoms with Gasteiger partial charge in [0, 0.05) is 11.0 Å². The number of hydrogen-bond acceptors (Lipinski definition) is 3. The van der Waals surface area contributed by atoms with Crippen LogP contribution < -0.4 is 4.74 Å². The van der Waals surface area contributed by atoms with E-state index in [0.29, 0.717) is 5.57 Å². The second kappa shape index (κ2) is 12.2. The Balaban J connectivity index is 1.95. The fraction of sp³-hybridized carbons (Fsp3) is 0.480. The van der Waals surface area contributed by atoms with Crippen molar-refractivity contribution in [1.82, 2.24) is 0 Å². The molecule has 0 aromatic heterocycles. The summed E-state index contributed by atoms with van der Waals surface area (Å²) >= 11 is 0. The predicted octanol–water partition coefficient (Wildman–Crippen LogP) is 6.85. The molecule has 0 aliphatic carbocycles. The van der Waals surface area contributed by atoms with Crippen LogP contribution in [-0.4, -0.2) is 18.7 Å². The Morgan fingerprint density at radius 1 is 0.964 bits per heavy atom. The van der Waals surface area contributed by atoms with E-state index in [1.807, 2.05) is 24.3 Å². The molecule has 0 radical (unpaired) electrons. The van der Waals surface area contributed by atoms with Gasteiger partial charge in [0.05, 0.1) is 0 Å². The van der Waals surface area contributed by atoms with E-state index in [0.717, 1.165) is 29.4 Å². The Morgan fingerprint density at radius 2 is 1.64 bits per heavy atom. The number of esters is 1. The van der Waals surface area contributed by atoms with Crippen LogP contribution in [0.25, 0.3) is 10.8 Å². The molecule has 2 aromatic carbocycles. The highest BCUT2D eigenvalue weighted by atomic mass is 16.6. The van der Waals surface area contributed by atoms with Crippen LogP contribution >= 0.6 is 0 Å². The Bertz CT molecular complexity index is 745. The molecule has 0 bridgehead atoms. The van der Waals surface area contributed by atoms with Crippen molar-refractivity contribution in [2.45, 2.75) is 71.3 Å². The zero-order valence-electron chi connectivity index (χ0n) is 17.4. The average Bonchev–Trinajstić information content (AvgIpc) is 2.71. The van der Waals surface area contributed by atoms with E-state index in [9.17, 15) is 4.79 Å². The third kappa shape index (κ3) is 7.38. The summed E-state index contributed by atoms with van der Waals surface area (Å²) in [4.78, 5) is 11.8. The highest BCUT2D eigenvalue weighted by Crippen LogP contribution is 2.27. The molecule has 0 heterocycles. The van der Waals surface area contributed by atoms with Crippen LogP contribution in [0.3, 0.4) is 0 Å². The van der Waals surface area contributed by atoms with E-state index in [-0.39, 0.29) is 18.7 Å². The summed E-state index contributed by atoms with van der Waals surface area (Å²) in [5.74, 6) is 0.489. The first-order chi connectivity index (χ1) is 13.6. The minimum Gasteiger partial charge on any atom is -0.486 e. The van der Waals surface area contributed by atoms with Crippen LogP contribution in [0, 0.1) is 0 Å². The lowest BCUT2D eigenvalue weighted by atomic mass is 10.1. The number of rotatable bonds is 13. The van der Waals surface area contributed by atoms with Crippen molar-refractivity contribution < 1.29 is 14.3 Å². The molecule has 0 saturated carbocycles. The molecule has 0 amide bonds. The molecule has 0 N–H and O–H groups in total. The zero-order valence-corrected chi connectivity index (χ0v) is 17.4. The lowest BCUT2D eigenvalue weighted by Crippen LogP contribution is -2.25. The highest BCUT2D eigenvalue weighted by molar-refractivity contribution is 5.88. The summed E-state index contributed by atoms with van der Waals surface area (Å²) in [7, 11) is 0. The lowest BCUT2D eigenvalue weighted by Gasteiger charge is -2.20. The molecular formula is C25H34O3. The summed E-state index contributed by atoms with van der Waals surface area (Å²) in [5.41, 5.74) is 0.417. The molecule has 2 rings (SSSR count). The van der Waals surface area contributed by atoms with Gasteiger partial charge in [0.25, 0.3) is 0 Å². The normalized spacial score (nSPS) is 11.9. The van der Waals surface area contributed by atoms with Crippen molar-refractivity contribution in [2.75, 3.05) is 6.61 Å². The van der Waals surface area contributed by atoms with Gasteiger partial charge in [-0.15, -0.1) is 0 Å². The van der Waals surface area contributed by atoms with E-state index in [1.165, 1.54) is 38.5 Å². The van der Waals surface area contributed by atoms with Crippen LogP contribution in [0.2, 0.25) is 0 Å². The molecule has 1 atom stereocenters. The van der Waals surface area contributed by atoms with Gasteiger partial charge in [-0.3, -0.25) is 0 Å². The van der Waals surface area contributed by atoms with Gasteiger partial charge in [-0.1, -0.05) is 88.4 Å². The molecule has 2 aromatic rings. The molecule has 3 heteroatoms. The van der Waals surface area contributed by atoms with E-state index >= 15 is 0 Å². The van der Waals surface area contributed by atoms with Gasteiger partial charge in [-0.2, -0.15) is 0 Å². The third-order valence-electron chi connectivity index (χ3n) is 4.92. The first-order valence-electron chi connectivity index (χ1n) is 10.6. The second-order valence-corrected chi connectivity index (χ2v) is 7.51. The van der Waals surface area contributed by atoms with E-state index < -0.39 is 0 Å². The summed E-state index contributed by atoms with van der Waals surface area (Å²) in [5, 5.41) is 2.23. The number of unbranched alkanes of at least 4 members (excludes halogenated alkanes) is 6. The van der Waals surface area contributed by atoms with Crippen LogP contribution in [0.5, 0.6) is 5.75 Å². The zero-order chi connectivity index (χ0) is 20.2. The Morgan fingerprint density at radius 3 is 2.39 bits per heavy atom. The van der Waals surface area contributed by atoms with Crippen molar-refractivity contribution in [3.63, 3.8) is 0 Å². The van der Waals surface area contributed by atoms with Gasteiger partial charge >= 0.3 is 5.97 Å². The van der Waals surface area contributed by atoms with Gasteiger partial charge in [0.15, 0.2) is 0 Å². The van der Waals surface area contributed by atoms with Crippen molar-refractivity contribution in [1.29, 1.82) is 0 Å². The van der Waals surface area contributed by atoms with Crippen molar-refractivity contribution >= 4 is 16.7 Å². The largest absolute Gasteiger partial charge is 0.486 e. The molecule has 0 fully saturated rings. The van der Waals surface area contributed by atoms with Gasteiger partial charge in [0.1, 0.15) is 18.5 Å². The monoisotopic (exact) mass is 382 g/mol. The predicted molar refractivity (Wildman–Crippen MR) is 117 cm³/mol. The molecule has 3 nitrogen and oxygen atoms in total. The van der Waals surface area contributed by atoms with E-state index in [4.69, 9.17) is 9.47 Å². The first kappa shape index (κ1) is 22.0. The number of ether oxygens (including phenoxy) is 2. The molecule has 0 saturated heterocycles. The topological polar surface area (TPSA) is 35.5 Å². The second-order valence-electron chi connectivity index (χ2n) is 7.51. The van der Waals surface area contributed by atoms with E-state index in [2.05, 4.69) is 31.7 Å². The Labute approximate surface area is 169 Å². The van der Waals surface area contributed by atoms with Crippen LogP contribution in [-0.2, 0) is 9.53 Å². The minimum absolute atomic E-state index is 0.148. The van der Waals surface area contributed by atoms with Crippen molar-refractivity contribution in [3.8, 4) is 5.75 Å². The SMILES string of the molecule is C=C(C)C(=O)OCC(CCCCCCCCC)Oc1cccc2ccccc12. The number of fused-ring (bicyclic) bond motifs is 1. The van der Waals surface area contributed by atoms with Crippen LogP contribution in [0.4, 0.5) is 0 Å². The Kier molecular flexibility index (Phi) is 9.61. The summed E-state index contributed by atoms with van der Waals surface area (Å²) in [6.07, 6.45) is 9.46. The van der Waals surface area contributed by atoms with Crippen molar-refractivity contribution in [3.05, 3.63) is 54.6 Å². The number of carbonyl (C=O) groups excluding carboxylic acids is 1. The molecule has 152 valence electrons. The standard InChI is InChI=1S/C25H34O3/c1-4-5-6-7-8-9-10-16-22(19-27-25(26)20(2)3)28-24-18-13-15-21-14-11-12-17-23(21)24/h11-15,17-18,22H,2,4-10,16,19H2,1,3H3. The summed E-state index contributed by atoms with van der Waals surface area (Å²) < 4.78 is 11.7. The molecule has 0 spiro atoms. The first-order valence-corrected chi connectivity index (χ1v) is 10.6. The average molecular weight is 383 g/mol. The van der Waals surface area contributed by atoms with Gasteiger partial charge in [-0.25, -0.2) is 4.79 Å². The minimum atomic E-state index is -0.355. The maximum absolute atomic E-state index is 11.8. The fourth-order valence-electron chi connectivity index (χ4n) is 3.28. The van der Waals surface area contributed by atoms with Gasteiger partial charge < -0.3 is 9.47 Å². The van der Waals surface area contributed by atoms with Crippen LogP contribution in [0.15, 0.2) is 54.6 Å². The third-order valence-corrected chi connectivity index (χ3v) is 4.92. The number of benzene rings is 2. The summed E-state index contributed by atoms with van der Waals surface area (Å²) in [6.45, 7) is 7.81. The quantitative estimate of drug-likeness (QED) is 0.216. The molecule has 28 heavy (non-hydrogen) atoms. The maximum atomic E-state index is 11.8. The van der Waals surface area contributed by atoms with Crippen molar-refractivity contribution in [2.24, 2.45) is 0 Å². The number of carbonyl (C=O) groups is 1. The molecule has 0 aliphatic rings. The molecular weight excluding hydrogens is 348 g/mol. The number of hydrogen-bond donors (Lipinski definition) is 0. The van der Waals surface area contributed by atoms with Gasteiger partial charge in [0.2, 0.25) is 0 Å². The Hall–Kier alpha value is -2.29. The highest BCUT2D eigenvalue weighted by Gasteiger charge is 2.15. The fourth-order valence-corrected chi connectivity index (χ4v) is 3.28. The smallest absolute Gasteiger partial charge is 0.333 e. The maximum Gasteiger partial charge on any atom is 0.333 e. The molecule has 0 aliphatic heterocycles. The van der Waals surface area contributed by atoms with Crippen LogP contribution in [0.1, 0.15) is 65.2 Å². The summed E-state index contributed by atoms with van der Waals surface area (Å²) in [6, 6.07) is 14.2. The van der Waals surface area contributed by atoms with E-state index in [1.54, 1.807) is 6.92 Å². The van der Waals surface area contributed by atoms with Gasteiger partial charge in [-0.05, 0) is 31.2 Å². The lowest BCUT2D eigenvalue weighted by molar-refractivity contribution is -0.141. The molecule has 1 unspecified atom stereocenters.